The van der Waals surface area contributed by atoms with Crippen LogP contribution in [0.3, 0.4) is 0 Å². The average Bonchev–Trinajstić information content (AvgIpc) is 3.14. The maximum atomic E-state index is 13.0. The number of carbonyl (C=O) groups excluding carboxylic acids is 2. The molecule has 7 heteroatoms. The maximum absolute atomic E-state index is 13.0. The minimum atomic E-state index is -0.652. The number of hydrogen-bond donors (Lipinski definition) is 1. The molecule has 1 fully saturated rings. The van der Waals surface area contributed by atoms with Gasteiger partial charge in [-0.05, 0) is 63.2 Å². The van der Waals surface area contributed by atoms with Crippen LogP contribution in [0.1, 0.15) is 34.2 Å². The van der Waals surface area contributed by atoms with Crippen molar-refractivity contribution in [2.75, 3.05) is 42.9 Å². The van der Waals surface area contributed by atoms with Crippen molar-refractivity contribution in [2.24, 2.45) is 0 Å². The number of nitrogens with one attached hydrogen (secondary N) is 1. The summed E-state index contributed by atoms with van der Waals surface area (Å²) in [6.07, 6.45) is 0. The zero-order chi connectivity index (χ0) is 23.5. The topological polar surface area (TPSA) is 70.5 Å². The quantitative estimate of drug-likeness (QED) is 0.462. The van der Waals surface area contributed by atoms with Crippen molar-refractivity contribution in [3.63, 3.8) is 0 Å². The van der Waals surface area contributed by atoms with Gasteiger partial charge in [0.2, 0.25) is 0 Å². The number of para-hydroxylation sites is 1. The molecule has 0 bridgehead atoms. The molecule has 7 nitrogen and oxygen atoms in total. The zero-order valence-electron chi connectivity index (χ0n) is 19.8. The number of anilines is 2. The molecule has 2 heterocycles. The fourth-order valence-electron chi connectivity index (χ4n) is 4.39. The number of hydrogen-bond acceptors (Lipinski definition) is 5. The van der Waals surface area contributed by atoms with Gasteiger partial charge in [0, 0.05) is 37.6 Å². The van der Waals surface area contributed by atoms with E-state index in [-0.39, 0.29) is 0 Å². The van der Waals surface area contributed by atoms with Crippen LogP contribution in [0, 0.1) is 20.8 Å². The lowest BCUT2D eigenvalue weighted by Gasteiger charge is -2.35. The lowest BCUT2D eigenvalue weighted by Crippen LogP contribution is -2.46. The molecule has 1 aliphatic heterocycles. The minimum Gasteiger partial charge on any atom is -0.369 e. The van der Waals surface area contributed by atoms with Crippen LogP contribution < -0.4 is 10.2 Å². The van der Waals surface area contributed by atoms with Gasteiger partial charge in [-0.15, -0.1) is 0 Å². The molecule has 0 spiro atoms. The Morgan fingerprint density at radius 1 is 0.939 bits per heavy atom. The van der Waals surface area contributed by atoms with Crippen LogP contribution in [0.2, 0.25) is 0 Å². The summed E-state index contributed by atoms with van der Waals surface area (Å²) in [5, 5.41) is 7.30. The Hall–Kier alpha value is -3.45. The Morgan fingerprint density at radius 3 is 2.27 bits per heavy atom. The number of likely N-dealkylation sites (N-methyl/N-ethyl adjacent to an activating group) is 1. The summed E-state index contributed by atoms with van der Waals surface area (Å²) in [6.45, 7) is 12.9. The number of aromatic nitrogens is 2. The standard InChI is InChI=1S/C26H31N5O2/c1-5-29-13-15-30(16-14-29)22-11-12-23(18(2)17-22)27-26(33)25(32)24-19(3)28-31(20(24)4)21-9-7-6-8-10-21/h6-12,17H,5,13-16H2,1-4H3,(H,27,33). The van der Waals surface area contributed by atoms with Gasteiger partial charge in [-0.2, -0.15) is 5.10 Å². The number of aryl methyl sites for hydroxylation is 2. The second-order valence-corrected chi connectivity index (χ2v) is 8.50. The SMILES string of the molecule is CCN1CCN(c2ccc(NC(=O)C(=O)c3c(C)nn(-c4ccccc4)c3C)c(C)c2)CC1. The molecular formula is C26H31N5O2. The van der Waals surface area contributed by atoms with Crippen LogP contribution in [0.25, 0.3) is 5.69 Å². The van der Waals surface area contributed by atoms with Crippen molar-refractivity contribution in [2.45, 2.75) is 27.7 Å². The fourth-order valence-corrected chi connectivity index (χ4v) is 4.39. The van der Waals surface area contributed by atoms with Gasteiger partial charge in [0.05, 0.1) is 22.6 Å². The smallest absolute Gasteiger partial charge is 0.296 e. The molecule has 3 aromatic rings. The third kappa shape index (κ3) is 4.68. The van der Waals surface area contributed by atoms with Crippen LogP contribution in [-0.4, -0.2) is 59.1 Å². The first-order valence-electron chi connectivity index (χ1n) is 11.4. The summed E-state index contributed by atoms with van der Waals surface area (Å²) >= 11 is 0. The Kier molecular flexibility index (Phi) is 6.60. The molecule has 0 atom stereocenters. The number of rotatable bonds is 6. The number of amides is 1. The van der Waals surface area contributed by atoms with Gasteiger partial charge in [-0.1, -0.05) is 25.1 Å². The highest BCUT2D eigenvalue weighted by atomic mass is 16.2. The van der Waals surface area contributed by atoms with E-state index in [1.54, 1.807) is 11.6 Å². The number of nitrogens with zero attached hydrogens (tertiary/aromatic N) is 4. The molecular weight excluding hydrogens is 414 g/mol. The van der Waals surface area contributed by atoms with E-state index in [0.717, 1.165) is 49.7 Å². The lowest BCUT2D eigenvalue weighted by atomic mass is 10.1. The van der Waals surface area contributed by atoms with Crippen molar-refractivity contribution < 1.29 is 9.59 Å². The number of carbonyl (C=O) groups is 2. The van der Waals surface area contributed by atoms with Gasteiger partial charge < -0.3 is 15.1 Å². The predicted molar refractivity (Wildman–Crippen MR) is 132 cm³/mol. The van der Waals surface area contributed by atoms with E-state index < -0.39 is 11.7 Å². The van der Waals surface area contributed by atoms with Crippen molar-refractivity contribution in [1.82, 2.24) is 14.7 Å². The second kappa shape index (κ2) is 9.58. The highest BCUT2D eigenvalue weighted by Crippen LogP contribution is 2.25. The molecule has 0 radical (unpaired) electrons. The Bertz CT molecular complexity index is 1160. The molecule has 172 valence electrons. The normalized spacial score (nSPS) is 14.4. The van der Waals surface area contributed by atoms with Crippen LogP contribution in [0.15, 0.2) is 48.5 Å². The summed E-state index contributed by atoms with van der Waals surface area (Å²) in [5.74, 6) is -1.23. The summed E-state index contributed by atoms with van der Waals surface area (Å²) in [4.78, 5) is 30.7. The molecule has 0 aliphatic carbocycles. The highest BCUT2D eigenvalue weighted by Gasteiger charge is 2.25. The van der Waals surface area contributed by atoms with Crippen molar-refractivity contribution in [3.8, 4) is 5.69 Å². The molecule has 1 saturated heterocycles. The van der Waals surface area contributed by atoms with E-state index in [1.807, 2.05) is 56.3 Å². The number of Topliss-reactive ketones (excluding diaryl/α,β-unsaturated/α-hetero) is 1. The molecule has 1 amide bonds. The second-order valence-electron chi connectivity index (χ2n) is 8.50. The fraction of sp³-hybridized carbons (Fsp3) is 0.346. The minimum absolute atomic E-state index is 0.347. The first-order chi connectivity index (χ1) is 15.9. The van der Waals surface area contributed by atoms with E-state index in [0.29, 0.717) is 22.6 Å². The van der Waals surface area contributed by atoms with Crippen LogP contribution in [-0.2, 0) is 4.79 Å². The summed E-state index contributed by atoms with van der Waals surface area (Å²) in [5.41, 5.74) is 5.11. The first-order valence-corrected chi connectivity index (χ1v) is 11.4. The average molecular weight is 446 g/mol. The third-order valence-electron chi connectivity index (χ3n) is 6.37. The maximum Gasteiger partial charge on any atom is 0.296 e. The molecule has 33 heavy (non-hydrogen) atoms. The van der Waals surface area contributed by atoms with Gasteiger partial charge >= 0.3 is 0 Å². The monoisotopic (exact) mass is 445 g/mol. The van der Waals surface area contributed by atoms with Crippen LogP contribution in [0.4, 0.5) is 11.4 Å². The largest absolute Gasteiger partial charge is 0.369 e. The van der Waals surface area contributed by atoms with E-state index >= 15 is 0 Å². The molecule has 1 N–H and O–H groups in total. The number of piperazine rings is 1. The van der Waals surface area contributed by atoms with Gasteiger partial charge in [-0.3, -0.25) is 9.59 Å². The number of benzene rings is 2. The van der Waals surface area contributed by atoms with E-state index in [2.05, 4.69) is 33.2 Å². The Morgan fingerprint density at radius 2 is 1.64 bits per heavy atom. The van der Waals surface area contributed by atoms with E-state index in [1.165, 1.54) is 0 Å². The Labute approximate surface area is 195 Å². The summed E-state index contributed by atoms with van der Waals surface area (Å²) in [6, 6.07) is 15.6. The van der Waals surface area contributed by atoms with Crippen molar-refractivity contribution >= 4 is 23.1 Å². The lowest BCUT2D eigenvalue weighted by molar-refractivity contribution is -0.112. The molecule has 0 unspecified atom stereocenters. The summed E-state index contributed by atoms with van der Waals surface area (Å²) in [7, 11) is 0. The highest BCUT2D eigenvalue weighted by molar-refractivity contribution is 6.47. The van der Waals surface area contributed by atoms with Crippen molar-refractivity contribution in [1.29, 1.82) is 0 Å². The first kappa shape index (κ1) is 22.7. The number of ketones is 1. The molecule has 2 aromatic carbocycles. The van der Waals surface area contributed by atoms with Crippen LogP contribution in [0.5, 0.6) is 0 Å². The molecule has 0 saturated carbocycles. The Balaban J connectivity index is 1.49. The van der Waals surface area contributed by atoms with Gasteiger partial charge in [0.25, 0.3) is 11.7 Å². The van der Waals surface area contributed by atoms with E-state index in [4.69, 9.17) is 0 Å². The predicted octanol–water partition coefficient (Wildman–Crippen LogP) is 3.76. The van der Waals surface area contributed by atoms with Gasteiger partial charge in [0.1, 0.15) is 0 Å². The summed E-state index contributed by atoms with van der Waals surface area (Å²) < 4.78 is 1.70. The molecule has 1 aliphatic rings. The molecule has 1 aromatic heterocycles. The van der Waals surface area contributed by atoms with Crippen LogP contribution >= 0.6 is 0 Å². The zero-order valence-corrected chi connectivity index (χ0v) is 19.8. The van der Waals surface area contributed by atoms with E-state index in [9.17, 15) is 9.59 Å². The van der Waals surface area contributed by atoms with Crippen molar-refractivity contribution in [3.05, 3.63) is 71.0 Å². The van der Waals surface area contributed by atoms with Gasteiger partial charge in [0.15, 0.2) is 0 Å². The third-order valence-corrected chi connectivity index (χ3v) is 6.37. The molecule has 4 rings (SSSR count). The van der Waals surface area contributed by atoms with Gasteiger partial charge in [-0.25, -0.2) is 4.68 Å².